The number of fused-ring (bicyclic) bond motifs is 5. The number of hydrogen-bond donors (Lipinski definition) is 0. The van der Waals surface area contributed by atoms with Gasteiger partial charge in [0.05, 0.1) is 11.0 Å². The van der Waals surface area contributed by atoms with Crippen molar-refractivity contribution in [2.24, 2.45) is 0 Å². The summed E-state index contributed by atoms with van der Waals surface area (Å²) in [7, 11) is 0. The average molecular weight is 663 g/mol. The first-order valence-corrected chi connectivity index (χ1v) is 17.8. The second-order valence-electron chi connectivity index (χ2n) is 13.4. The molecule has 0 saturated heterocycles. The van der Waals surface area contributed by atoms with Gasteiger partial charge in [-0.1, -0.05) is 127 Å². The van der Waals surface area contributed by atoms with Gasteiger partial charge in [-0.15, -0.1) is 0 Å². The molecule has 0 radical (unpaired) electrons. The van der Waals surface area contributed by atoms with Gasteiger partial charge < -0.3 is 9.47 Å². The molecule has 2 heteroatoms. The summed E-state index contributed by atoms with van der Waals surface area (Å²) in [4.78, 5) is 2.36. The van der Waals surface area contributed by atoms with Gasteiger partial charge in [-0.05, 0) is 123 Å². The Labute approximate surface area is 303 Å². The molecule has 0 amide bonds. The van der Waals surface area contributed by atoms with Crippen molar-refractivity contribution in [3.63, 3.8) is 0 Å². The predicted octanol–water partition coefficient (Wildman–Crippen LogP) is 13.9. The maximum absolute atomic E-state index is 2.37. The lowest BCUT2D eigenvalue weighted by Crippen LogP contribution is -2.09. The molecule has 0 aliphatic rings. The van der Waals surface area contributed by atoms with Crippen molar-refractivity contribution < 1.29 is 0 Å². The van der Waals surface area contributed by atoms with Crippen LogP contribution in [0.4, 0.5) is 17.1 Å². The van der Waals surface area contributed by atoms with Crippen LogP contribution >= 0.6 is 0 Å². The summed E-state index contributed by atoms with van der Waals surface area (Å²) in [6, 6.07) is 74.7. The quantitative estimate of drug-likeness (QED) is 0.172. The summed E-state index contributed by atoms with van der Waals surface area (Å²) in [5.74, 6) is 0. The summed E-state index contributed by atoms with van der Waals surface area (Å²) < 4.78 is 2.37. The molecule has 9 aromatic carbocycles. The van der Waals surface area contributed by atoms with Crippen LogP contribution in [0.2, 0.25) is 0 Å². The van der Waals surface area contributed by atoms with Crippen LogP contribution in [0.3, 0.4) is 0 Å². The Morgan fingerprint density at radius 3 is 1.56 bits per heavy atom. The topological polar surface area (TPSA) is 8.17 Å². The van der Waals surface area contributed by atoms with Crippen LogP contribution in [-0.2, 0) is 0 Å². The minimum Gasteiger partial charge on any atom is -0.310 e. The molecule has 10 aromatic rings. The molecule has 1 aromatic heterocycles. The van der Waals surface area contributed by atoms with Crippen LogP contribution in [0, 0.1) is 0 Å². The van der Waals surface area contributed by atoms with E-state index in [0.29, 0.717) is 0 Å². The highest BCUT2D eigenvalue weighted by molar-refractivity contribution is 6.10. The Kier molecular flexibility index (Phi) is 7.18. The van der Waals surface area contributed by atoms with Crippen molar-refractivity contribution >= 4 is 60.4 Å². The van der Waals surface area contributed by atoms with Crippen LogP contribution in [0.5, 0.6) is 0 Å². The Morgan fingerprint density at radius 1 is 0.308 bits per heavy atom. The fraction of sp³-hybridized carbons (Fsp3) is 0. The lowest BCUT2D eigenvalue weighted by Gasteiger charge is -2.26. The molecule has 0 aliphatic carbocycles. The first-order valence-electron chi connectivity index (χ1n) is 17.8. The van der Waals surface area contributed by atoms with Crippen molar-refractivity contribution in [1.29, 1.82) is 0 Å². The smallest absolute Gasteiger partial charge is 0.0542 e. The van der Waals surface area contributed by atoms with E-state index < -0.39 is 0 Å². The second kappa shape index (κ2) is 12.5. The number of hydrogen-bond acceptors (Lipinski definition) is 1. The second-order valence-corrected chi connectivity index (χ2v) is 13.4. The summed E-state index contributed by atoms with van der Waals surface area (Å²) >= 11 is 0. The molecule has 1 heterocycles. The molecule has 10 rings (SSSR count). The highest BCUT2D eigenvalue weighted by Gasteiger charge is 2.18. The molecule has 0 atom stereocenters. The molecule has 0 spiro atoms. The molecule has 52 heavy (non-hydrogen) atoms. The van der Waals surface area contributed by atoms with Gasteiger partial charge in [0, 0.05) is 33.5 Å². The summed E-state index contributed by atoms with van der Waals surface area (Å²) in [6.07, 6.45) is 0. The van der Waals surface area contributed by atoms with Gasteiger partial charge in [0.1, 0.15) is 0 Å². The highest BCUT2D eigenvalue weighted by atomic mass is 15.1. The molecule has 0 fully saturated rings. The summed E-state index contributed by atoms with van der Waals surface area (Å²) in [6.45, 7) is 0. The van der Waals surface area contributed by atoms with Crippen molar-refractivity contribution in [3.05, 3.63) is 206 Å². The van der Waals surface area contributed by atoms with E-state index in [1.165, 1.54) is 65.6 Å². The zero-order valence-electron chi connectivity index (χ0n) is 28.5. The molecule has 0 N–H and O–H groups in total. The lowest BCUT2D eigenvalue weighted by atomic mass is 9.90. The zero-order chi connectivity index (χ0) is 34.4. The SMILES string of the molecule is c1ccc(N(c2ccc(-c3cc4ccccc4cc3-c3ccc4ccccc4c3)cc2)c2ccc3c(c2)c2ccccc2n3-c2ccccc2)cc1. The van der Waals surface area contributed by atoms with E-state index in [-0.39, 0.29) is 0 Å². The first kappa shape index (κ1) is 30.0. The molecular weight excluding hydrogens is 629 g/mol. The Balaban J connectivity index is 1.11. The molecule has 0 bridgehead atoms. The van der Waals surface area contributed by atoms with Crippen molar-refractivity contribution in [1.82, 2.24) is 4.57 Å². The van der Waals surface area contributed by atoms with E-state index >= 15 is 0 Å². The average Bonchev–Trinajstić information content (AvgIpc) is 3.55. The third kappa shape index (κ3) is 5.12. The number of benzene rings is 9. The fourth-order valence-electron chi connectivity index (χ4n) is 7.84. The van der Waals surface area contributed by atoms with Crippen molar-refractivity contribution in [2.75, 3.05) is 4.90 Å². The Morgan fingerprint density at radius 2 is 0.827 bits per heavy atom. The minimum atomic E-state index is 1.11. The van der Waals surface area contributed by atoms with Gasteiger partial charge in [0.2, 0.25) is 0 Å². The molecule has 244 valence electrons. The highest BCUT2D eigenvalue weighted by Crippen LogP contribution is 2.42. The van der Waals surface area contributed by atoms with Crippen LogP contribution in [0.1, 0.15) is 0 Å². The maximum atomic E-state index is 2.37. The lowest BCUT2D eigenvalue weighted by molar-refractivity contribution is 1.18. The molecule has 2 nitrogen and oxygen atoms in total. The molecule has 0 saturated carbocycles. The standard InChI is InChI=1S/C50H34N2/c1-3-17-41(18-4-1)51(44-29-30-50-48(34-44)45-21-11-12-22-49(45)52(50)42-19-5-2-6-20-42)43-27-25-36(26-28-43)46-32-38-15-9-10-16-39(38)33-47(46)40-24-23-35-13-7-8-14-37(35)31-40/h1-34H. The fourth-order valence-corrected chi connectivity index (χ4v) is 7.84. The summed E-state index contributed by atoms with van der Waals surface area (Å²) in [5, 5.41) is 7.44. The van der Waals surface area contributed by atoms with E-state index in [1.807, 2.05) is 0 Å². The number of nitrogens with zero attached hydrogens (tertiary/aromatic N) is 2. The molecule has 0 aliphatic heterocycles. The van der Waals surface area contributed by atoms with Gasteiger partial charge in [0.25, 0.3) is 0 Å². The van der Waals surface area contributed by atoms with Gasteiger partial charge in [-0.25, -0.2) is 0 Å². The van der Waals surface area contributed by atoms with E-state index in [9.17, 15) is 0 Å². The van der Waals surface area contributed by atoms with Crippen LogP contribution in [0.25, 0.3) is 71.3 Å². The number of para-hydroxylation sites is 3. The van der Waals surface area contributed by atoms with E-state index in [0.717, 1.165) is 22.7 Å². The molecular formula is C50H34N2. The van der Waals surface area contributed by atoms with E-state index in [4.69, 9.17) is 0 Å². The van der Waals surface area contributed by atoms with Gasteiger partial charge in [0.15, 0.2) is 0 Å². The third-order valence-corrected chi connectivity index (χ3v) is 10.3. The normalized spacial score (nSPS) is 11.5. The number of rotatable bonds is 6. The van der Waals surface area contributed by atoms with Crippen LogP contribution < -0.4 is 4.90 Å². The molecule has 0 unspecified atom stereocenters. The zero-order valence-corrected chi connectivity index (χ0v) is 28.5. The predicted molar refractivity (Wildman–Crippen MR) is 221 cm³/mol. The summed E-state index contributed by atoms with van der Waals surface area (Å²) in [5.41, 5.74) is 11.8. The third-order valence-electron chi connectivity index (χ3n) is 10.3. The Hall–Kier alpha value is -6.90. The maximum Gasteiger partial charge on any atom is 0.0542 e. The Bertz CT molecular complexity index is 2890. The minimum absolute atomic E-state index is 1.11. The van der Waals surface area contributed by atoms with Crippen molar-refractivity contribution in [2.45, 2.75) is 0 Å². The van der Waals surface area contributed by atoms with E-state index in [2.05, 4.69) is 216 Å². The largest absolute Gasteiger partial charge is 0.310 e. The van der Waals surface area contributed by atoms with Gasteiger partial charge in [-0.3, -0.25) is 0 Å². The van der Waals surface area contributed by atoms with Crippen LogP contribution in [0.15, 0.2) is 206 Å². The van der Waals surface area contributed by atoms with Gasteiger partial charge >= 0.3 is 0 Å². The van der Waals surface area contributed by atoms with Gasteiger partial charge in [-0.2, -0.15) is 0 Å². The number of aromatic nitrogens is 1. The monoisotopic (exact) mass is 662 g/mol. The number of anilines is 3. The van der Waals surface area contributed by atoms with E-state index in [1.54, 1.807) is 0 Å². The first-order chi connectivity index (χ1) is 25.8. The van der Waals surface area contributed by atoms with Crippen LogP contribution in [-0.4, -0.2) is 4.57 Å². The van der Waals surface area contributed by atoms with Crippen molar-refractivity contribution in [3.8, 4) is 27.9 Å².